The second kappa shape index (κ2) is 7.18. The molecule has 0 aliphatic carbocycles. The van der Waals surface area contributed by atoms with Crippen molar-refractivity contribution in [3.63, 3.8) is 0 Å². The maximum absolute atomic E-state index is 13.4. The predicted molar refractivity (Wildman–Crippen MR) is 79.0 cm³/mol. The van der Waals surface area contributed by atoms with Crippen molar-refractivity contribution >= 4 is 21.9 Å². The molecule has 20 heavy (non-hydrogen) atoms. The minimum Gasteiger partial charge on any atom is -0.481 e. The molecule has 1 aliphatic rings. The molecule has 1 saturated heterocycles. The number of halogens is 2. The first-order chi connectivity index (χ1) is 9.54. The lowest BCUT2D eigenvalue weighted by Gasteiger charge is -2.35. The summed E-state index contributed by atoms with van der Waals surface area (Å²) in [7, 11) is 0. The zero-order valence-corrected chi connectivity index (χ0v) is 12.9. The first-order valence-corrected chi connectivity index (χ1v) is 7.75. The van der Waals surface area contributed by atoms with Crippen molar-refractivity contribution < 1.29 is 14.3 Å². The van der Waals surface area contributed by atoms with Crippen LogP contribution in [0.2, 0.25) is 0 Å². The van der Waals surface area contributed by atoms with E-state index in [-0.39, 0.29) is 12.2 Å². The van der Waals surface area contributed by atoms with E-state index in [1.165, 1.54) is 6.07 Å². The summed E-state index contributed by atoms with van der Waals surface area (Å²) in [6.07, 6.45) is 4.18. The van der Waals surface area contributed by atoms with Gasteiger partial charge in [-0.25, -0.2) is 4.39 Å². The van der Waals surface area contributed by atoms with Gasteiger partial charge in [0.15, 0.2) is 0 Å². The molecule has 2 rings (SSSR count). The third-order valence-corrected chi connectivity index (χ3v) is 4.21. The number of carbonyl (C=O) groups is 1. The minimum absolute atomic E-state index is 0.202. The van der Waals surface area contributed by atoms with Crippen molar-refractivity contribution in [1.82, 2.24) is 4.90 Å². The molecule has 0 saturated carbocycles. The molecule has 1 heterocycles. The first-order valence-electron chi connectivity index (χ1n) is 6.95. The molecule has 5 heteroatoms. The fourth-order valence-electron chi connectivity index (χ4n) is 2.82. The molecule has 1 fully saturated rings. The molecule has 1 atom stereocenters. The summed E-state index contributed by atoms with van der Waals surface area (Å²) in [5.41, 5.74) is 0.930. The maximum Gasteiger partial charge on any atom is 0.303 e. The molecule has 110 valence electrons. The van der Waals surface area contributed by atoms with Crippen LogP contribution < -0.4 is 0 Å². The number of hydrogen-bond acceptors (Lipinski definition) is 2. The molecule has 3 nitrogen and oxygen atoms in total. The van der Waals surface area contributed by atoms with Crippen molar-refractivity contribution in [3.05, 3.63) is 34.1 Å². The van der Waals surface area contributed by atoms with E-state index >= 15 is 0 Å². The highest BCUT2D eigenvalue weighted by atomic mass is 79.9. The standard InChI is InChI=1S/C15H19BrFNO2/c16-12-7-11(8-13(17)9-12)10-18-6-2-1-3-14(18)4-5-15(19)20/h7-9,14H,1-6,10H2,(H,19,20). The smallest absolute Gasteiger partial charge is 0.303 e. The SMILES string of the molecule is O=C(O)CCC1CCCCN1Cc1cc(F)cc(Br)c1. The Morgan fingerprint density at radius 1 is 1.40 bits per heavy atom. The quantitative estimate of drug-likeness (QED) is 0.883. The normalized spacial score (nSPS) is 20.0. The molecule has 1 N–H and O–H groups in total. The third kappa shape index (κ3) is 4.56. The Morgan fingerprint density at radius 3 is 2.90 bits per heavy atom. The molecule has 1 aromatic carbocycles. The molecule has 1 aliphatic heterocycles. The van der Waals surface area contributed by atoms with Crippen LogP contribution in [0.1, 0.15) is 37.7 Å². The Morgan fingerprint density at radius 2 is 2.20 bits per heavy atom. The van der Waals surface area contributed by atoms with Crippen LogP contribution in [0.5, 0.6) is 0 Å². The predicted octanol–water partition coefficient (Wildman–Crippen LogP) is 3.81. The molecule has 0 spiro atoms. The lowest BCUT2D eigenvalue weighted by molar-refractivity contribution is -0.137. The van der Waals surface area contributed by atoms with Gasteiger partial charge in [0.1, 0.15) is 5.82 Å². The zero-order valence-electron chi connectivity index (χ0n) is 11.3. The van der Waals surface area contributed by atoms with E-state index in [0.717, 1.165) is 35.8 Å². The maximum atomic E-state index is 13.4. The van der Waals surface area contributed by atoms with E-state index in [2.05, 4.69) is 20.8 Å². The Bertz CT molecular complexity index is 461. The summed E-state index contributed by atoms with van der Waals surface area (Å²) in [4.78, 5) is 13.0. The largest absolute Gasteiger partial charge is 0.481 e. The monoisotopic (exact) mass is 343 g/mol. The first kappa shape index (κ1) is 15.4. The van der Waals surface area contributed by atoms with Gasteiger partial charge >= 0.3 is 5.97 Å². The van der Waals surface area contributed by atoms with E-state index in [1.807, 2.05) is 6.07 Å². The summed E-state index contributed by atoms with van der Waals surface area (Å²) in [6.45, 7) is 1.64. The van der Waals surface area contributed by atoms with Crippen LogP contribution in [0.3, 0.4) is 0 Å². The zero-order chi connectivity index (χ0) is 14.5. The fraction of sp³-hybridized carbons (Fsp3) is 0.533. The van der Waals surface area contributed by atoms with Gasteiger partial charge in [-0.2, -0.15) is 0 Å². The number of hydrogen-bond donors (Lipinski definition) is 1. The van der Waals surface area contributed by atoms with Gasteiger partial charge < -0.3 is 5.11 Å². The van der Waals surface area contributed by atoms with Crippen molar-refractivity contribution in [1.29, 1.82) is 0 Å². The number of nitrogens with zero attached hydrogens (tertiary/aromatic N) is 1. The van der Waals surface area contributed by atoms with E-state index in [4.69, 9.17) is 5.11 Å². The Labute approximate surface area is 126 Å². The molecule has 0 bridgehead atoms. The molecular formula is C15H19BrFNO2. The van der Waals surface area contributed by atoms with Crippen LogP contribution in [0.4, 0.5) is 4.39 Å². The number of likely N-dealkylation sites (tertiary alicyclic amines) is 1. The molecule has 0 amide bonds. The molecule has 1 unspecified atom stereocenters. The van der Waals surface area contributed by atoms with E-state index in [1.54, 1.807) is 6.07 Å². The Hall–Kier alpha value is -0.940. The fourth-order valence-corrected chi connectivity index (χ4v) is 3.33. The lowest BCUT2D eigenvalue weighted by Crippen LogP contribution is -2.39. The van der Waals surface area contributed by atoms with Crippen LogP contribution in [0, 0.1) is 5.82 Å². The molecule has 0 radical (unpaired) electrons. The number of carboxylic acids is 1. The van der Waals surface area contributed by atoms with Gasteiger partial charge in [0.2, 0.25) is 0 Å². The highest BCUT2D eigenvalue weighted by Crippen LogP contribution is 2.24. The van der Waals surface area contributed by atoms with Crippen LogP contribution in [0.25, 0.3) is 0 Å². The Kier molecular flexibility index (Phi) is 5.54. The summed E-state index contributed by atoms with van der Waals surface area (Å²) in [5, 5.41) is 8.82. The highest BCUT2D eigenvalue weighted by molar-refractivity contribution is 9.10. The summed E-state index contributed by atoms with van der Waals surface area (Å²) in [6, 6.07) is 5.21. The van der Waals surface area contributed by atoms with E-state index in [0.29, 0.717) is 19.0 Å². The van der Waals surface area contributed by atoms with Gasteiger partial charge in [-0.1, -0.05) is 22.4 Å². The van der Waals surface area contributed by atoms with E-state index in [9.17, 15) is 9.18 Å². The van der Waals surface area contributed by atoms with Crippen LogP contribution in [-0.2, 0) is 11.3 Å². The number of benzene rings is 1. The second-order valence-corrected chi connectivity index (χ2v) is 6.25. The van der Waals surface area contributed by atoms with Crippen molar-refractivity contribution in [2.24, 2.45) is 0 Å². The van der Waals surface area contributed by atoms with Gasteiger partial charge in [0.25, 0.3) is 0 Å². The minimum atomic E-state index is -0.746. The van der Waals surface area contributed by atoms with Crippen LogP contribution in [0.15, 0.2) is 22.7 Å². The van der Waals surface area contributed by atoms with Gasteiger partial charge in [-0.15, -0.1) is 0 Å². The number of piperidine rings is 1. The van der Waals surface area contributed by atoms with Crippen LogP contribution in [-0.4, -0.2) is 28.6 Å². The van der Waals surface area contributed by atoms with Gasteiger partial charge in [-0.3, -0.25) is 9.69 Å². The van der Waals surface area contributed by atoms with Crippen molar-refractivity contribution in [2.75, 3.05) is 6.54 Å². The highest BCUT2D eigenvalue weighted by Gasteiger charge is 2.23. The van der Waals surface area contributed by atoms with Crippen LogP contribution >= 0.6 is 15.9 Å². The third-order valence-electron chi connectivity index (χ3n) is 3.75. The van der Waals surface area contributed by atoms with Crippen molar-refractivity contribution in [2.45, 2.75) is 44.7 Å². The number of aliphatic carboxylic acids is 1. The van der Waals surface area contributed by atoms with E-state index < -0.39 is 5.97 Å². The van der Waals surface area contributed by atoms with Gasteiger partial charge in [-0.05, 0) is 49.6 Å². The Balaban J connectivity index is 2.02. The summed E-state index contributed by atoms with van der Waals surface area (Å²) in [5.74, 6) is -0.988. The lowest BCUT2D eigenvalue weighted by atomic mass is 9.97. The summed E-state index contributed by atoms with van der Waals surface area (Å²) < 4.78 is 14.1. The average Bonchev–Trinajstić information content (AvgIpc) is 2.36. The van der Waals surface area contributed by atoms with Crippen molar-refractivity contribution in [3.8, 4) is 0 Å². The average molecular weight is 344 g/mol. The second-order valence-electron chi connectivity index (χ2n) is 5.33. The summed E-state index contributed by atoms with van der Waals surface area (Å²) >= 11 is 3.31. The molecule has 0 aromatic heterocycles. The topological polar surface area (TPSA) is 40.5 Å². The number of rotatable bonds is 5. The van der Waals surface area contributed by atoms with Gasteiger partial charge in [0, 0.05) is 23.5 Å². The van der Waals surface area contributed by atoms with Gasteiger partial charge in [0.05, 0.1) is 0 Å². The number of carboxylic acid groups (broad SMARTS) is 1. The molecular weight excluding hydrogens is 325 g/mol. The molecule has 1 aromatic rings.